The average Bonchev–Trinajstić information content (AvgIpc) is 2.99. The first-order valence-electron chi connectivity index (χ1n) is 7.66. The van der Waals surface area contributed by atoms with Gasteiger partial charge in [0.05, 0.1) is 5.71 Å². The number of hydrogen-bond acceptors (Lipinski definition) is 3. The Morgan fingerprint density at radius 2 is 2.30 bits per heavy atom. The summed E-state index contributed by atoms with van der Waals surface area (Å²) in [5.74, 6) is -0.323. The molecule has 0 spiro atoms. The number of allylic oxidation sites excluding steroid dienone is 3. The lowest BCUT2D eigenvalue weighted by Gasteiger charge is -2.27. The number of rotatable bonds is 4. The molecule has 1 atom stereocenters. The molecule has 2 amide bonds. The summed E-state index contributed by atoms with van der Waals surface area (Å²) < 4.78 is 1.53. The molecule has 1 aliphatic carbocycles. The highest BCUT2D eigenvalue weighted by molar-refractivity contribution is 6.11. The third-order valence-corrected chi connectivity index (χ3v) is 3.73. The van der Waals surface area contributed by atoms with Gasteiger partial charge in [-0.1, -0.05) is 25.0 Å². The lowest BCUT2D eigenvalue weighted by Crippen LogP contribution is -2.33. The normalized spacial score (nSPS) is 21.5. The van der Waals surface area contributed by atoms with Gasteiger partial charge in [-0.25, -0.2) is 4.99 Å². The zero-order valence-corrected chi connectivity index (χ0v) is 12.9. The zero-order valence-electron chi connectivity index (χ0n) is 12.9. The third-order valence-electron chi connectivity index (χ3n) is 3.73. The van der Waals surface area contributed by atoms with Crippen molar-refractivity contribution in [1.82, 2.24) is 15.1 Å². The van der Waals surface area contributed by atoms with Crippen molar-refractivity contribution in [3.8, 4) is 0 Å². The molecule has 118 valence electrons. The molecule has 1 N–H and O–H groups in total. The summed E-state index contributed by atoms with van der Waals surface area (Å²) in [6, 6.07) is 1.76. The summed E-state index contributed by atoms with van der Waals surface area (Å²) in [4.78, 5) is 27.8. The van der Waals surface area contributed by atoms with Crippen molar-refractivity contribution in [2.75, 3.05) is 0 Å². The van der Waals surface area contributed by atoms with E-state index < -0.39 is 0 Å². The van der Waals surface area contributed by atoms with Crippen molar-refractivity contribution in [2.45, 2.75) is 26.3 Å². The van der Waals surface area contributed by atoms with Crippen molar-refractivity contribution in [3.63, 3.8) is 0 Å². The van der Waals surface area contributed by atoms with Gasteiger partial charge in [0.25, 0.3) is 5.91 Å². The quantitative estimate of drug-likeness (QED) is 0.921. The predicted molar refractivity (Wildman–Crippen MR) is 86.5 cm³/mol. The van der Waals surface area contributed by atoms with Crippen LogP contribution in [0.2, 0.25) is 0 Å². The van der Waals surface area contributed by atoms with E-state index in [9.17, 15) is 9.59 Å². The fourth-order valence-corrected chi connectivity index (χ4v) is 2.77. The van der Waals surface area contributed by atoms with Gasteiger partial charge in [0, 0.05) is 30.1 Å². The van der Waals surface area contributed by atoms with Gasteiger partial charge in [0.1, 0.15) is 6.54 Å². The first-order chi connectivity index (χ1) is 11.2. The maximum absolute atomic E-state index is 12.0. The predicted octanol–water partition coefficient (Wildman–Crippen LogP) is 1.78. The van der Waals surface area contributed by atoms with Crippen LogP contribution in [0.4, 0.5) is 0 Å². The Morgan fingerprint density at radius 1 is 1.43 bits per heavy atom. The van der Waals surface area contributed by atoms with Crippen LogP contribution in [0.15, 0.2) is 59.0 Å². The van der Waals surface area contributed by atoms with Crippen LogP contribution in [0, 0.1) is 5.92 Å². The summed E-state index contributed by atoms with van der Waals surface area (Å²) in [5.41, 5.74) is 2.43. The van der Waals surface area contributed by atoms with Gasteiger partial charge in [-0.15, -0.1) is 0 Å². The van der Waals surface area contributed by atoms with Crippen molar-refractivity contribution < 1.29 is 9.59 Å². The summed E-state index contributed by atoms with van der Waals surface area (Å²) >= 11 is 0. The van der Waals surface area contributed by atoms with Crippen molar-refractivity contribution in [3.05, 3.63) is 54.0 Å². The lowest BCUT2D eigenvalue weighted by molar-refractivity contribution is -0.118. The molecule has 23 heavy (non-hydrogen) atoms. The van der Waals surface area contributed by atoms with Crippen molar-refractivity contribution in [2.24, 2.45) is 10.9 Å². The molecule has 6 heteroatoms. The summed E-state index contributed by atoms with van der Waals surface area (Å²) in [7, 11) is 0. The van der Waals surface area contributed by atoms with Crippen LogP contribution in [0.1, 0.15) is 19.8 Å². The molecule has 1 unspecified atom stereocenters. The van der Waals surface area contributed by atoms with Gasteiger partial charge < -0.3 is 5.32 Å². The van der Waals surface area contributed by atoms with Crippen molar-refractivity contribution in [1.29, 1.82) is 0 Å². The minimum atomic E-state index is -0.282. The molecule has 1 aromatic heterocycles. The Labute approximate surface area is 134 Å². The Morgan fingerprint density at radius 3 is 3.04 bits per heavy atom. The molecule has 1 aromatic rings. The summed E-state index contributed by atoms with van der Waals surface area (Å²) in [6.45, 7) is 2.19. The van der Waals surface area contributed by atoms with E-state index in [2.05, 4.69) is 22.3 Å². The highest BCUT2D eigenvalue weighted by atomic mass is 16.2. The smallest absolute Gasteiger partial charge is 0.267 e. The monoisotopic (exact) mass is 310 g/mol. The summed E-state index contributed by atoms with van der Waals surface area (Å²) in [5, 5.41) is 6.82. The standard InChI is InChI=1S/C17H18N4O2/c1-2-4-12-9-16(22)20-15-10-13(5-6-14(12)15)19-17(23)11-21-8-3-7-18-21/h3,5-10,14H,2,4,11H2,1H3,(H,20,22). The molecule has 0 saturated carbocycles. The van der Waals surface area contributed by atoms with Crippen LogP contribution in [0.25, 0.3) is 0 Å². The third kappa shape index (κ3) is 3.53. The van der Waals surface area contributed by atoms with Gasteiger partial charge >= 0.3 is 0 Å². The Bertz CT molecular complexity index is 739. The van der Waals surface area contributed by atoms with Gasteiger partial charge in [0.2, 0.25) is 5.91 Å². The van der Waals surface area contributed by atoms with Gasteiger partial charge in [-0.05, 0) is 24.6 Å². The van der Waals surface area contributed by atoms with E-state index in [0.29, 0.717) is 5.71 Å². The van der Waals surface area contributed by atoms with Crippen LogP contribution in [-0.4, -0.2) is 27.3 Å². The minimum Gasteiger partial charge on any atom is -0.325 e. The van der Waals surface area contributed by atoms with Crippen LogP contribution in [0.3, 0.4) is 0 Å². The van der Waals surface area contributed by atoms with E-state index in [0.717, 1.165) is 24.1 Å². The molecule has 0 saturated heterocycles. The molecular formula is C17H18N4O2. The molecule has 1 aliphatic heterocycles. The number of nitrogens with one attached hydrogen (secondary N) is 1. The molecule has 6 nitrogen and oxygen atoms in total. The Hall–Kier alpha value is -2.76. The molecular weight excluding hydrogens is 292 g/mol. The maximum Gasteiger partial charge on any atom is 0.267 e. The minimum absolute atomic E-state index is 0.0767. The first-order valence-corrected chi connectivity index (χ1v) is 7.66. The van der Waals surface area contributed by atoms with E-state index in [4.69, 9.17) is 0 Å². The highest BCUT2D eigenvalue weighted by Crippen LogP contribution is 2.29. The molecule has 0 aromatic carbocycles. The van der Waals surface area contributed by atoms with Crippen LogP contribution in [-0.2, 0) is 16.1 Å². The lowest BCUT2D eigenvalue weighted by atomic mass is 9.85. The Balaban J connectivity index is 1.77. The van der Waals surface area contributed by atoms with Crippen LogP contribution in [0.5, 0.6) is 0 Å². The topological polar surface area (TPSA) is 76.3 Å². The number of amides is 2. The molecule has 3 rings (SSSR count). The van der Waals surface area contributed by atoms with E-state index >= 15 is 0 Å². The number of fused-ring (bicyclic) bond motifs is 1. The molecule has 2 heterocycles. The average molecular weight is 310 g/mol. The SMILES string of the molecule is CCCC1=CC(=O)NC2=CC(=NC(=O)Cn3cccn3)C=CC12. The van der Waals surface area contributed by atoms with E-state index in [1.165, 1.54) is 4.68 Å². The number of aliphatic imine (C=N–C) groups is 1. The zero-order chi connectivity index (χ0) is 16.2. The number of nitrogens with zero attached hydrogens (tertiary/aromatic N) is 3. The van der Waals surface area contributed by atoms with Crippen molar-refractivity contribution >= 4 is 17.5 Å². The fraction of sp³-hybridized carbons (Fsp3) is 0.294. The van der Waals surface area contributed by atoms with E-state index in [-0.39, 0.29) is 24.3 Å². The van der Waals surface area contributed by atoms with Gasteiger partial charge in [0.15, 0.2) is 0 Å². The second-order valence-corrected chi connectivity index (χ2v) is 5.53. The van der Waals surface area contributed by atoms with Gasteiger partial charge in [-0.3, -0.25) is 14.3 Å². The van der Waals surface area contributed by atoms with Crippen LogP contribution < -0.4 is 5.32 Å². The summed E-state index contributed by atoms with van der Waals surface area (Å²) in [6.07, 6.45) is 12.4. The number of carbonyl (C=O) groups excluding carboxylic acids is 2. The molecule has 0 fully saturated rings. The molecule has 0 bridgehead atoms. The number of aromatic nitrogens is 2. The van der Waals surface area contributed by atoms with E-state index in [1.54, 1.807) is 30.6 Å². The van der Waals surface area contributed by atoms with Gasteiger partial charge in [-0.2, -0.15) is 5.10 Å². The molecule has 2 aliphatic rings. The Kier molecular flexibility index (Phi) is 4.32. The maximum atomic E-state index is 12.0. The van der Waals surface area contributed by atoms with E-state index in [1.807, 2.05) is 12.2 Å². The molecule has 0 radical (unpaired) electrons. The number of carbonyl (C=O) groups is 2. The number of hydrogen-bond donors (Lipinski definition) is 1. The largest absolute Gasteiger partial charge is 0.325 e. The highest BCUT2D eigenvalue weighted by Gasteiger charge is 2.25. The fourth-order valence-electron chi connectivity index (χ4n) is 2.77. The second-order valence-electron chi connectivity index (χ2n) is 5.53. The first kappa shape index (κ1) is 15.1. The second kappa shape index (κ2) is 6.56. The van der Waals surface area contributed by atoms with Crippen LogP contribution >= 0.6 is 0 Å².